The molecule has 1 aromatic carbocycles. The van der Waals surface area contributed by atoms with Crippen molar-refractivity contribution in [2.45, 2.75) is 19.8 Å². The SMILES string of the molecule is CCCC(=O)O.Nc1ccc(Cl)cc1. The summed E-state index contributed by atoms with van der Waals surface area (Å²) in [7, 11) is 0. The van der Waals surface area contributed by atoms with Crippen molar-refractivity contribution in [3.63, 3.8) is 0 Å². The fraction of sp³-hybridized carbons (Fsp3) is 0.300. The molecular weight excluding hydrogens is 202 g/mol. The molecule has 0 bridgehead atoms. The number of benzene rings is 1. The normalized spacial score (nSPS) is 8.71. The van der Waals surface area contributed by atoms with Gasteiger partial charge in [0.1, 0.15) is 0 Å². The largest absolute Gasteiger partial charge is 0.481 e. The summed E-state index contributed by atoms with van der Waals surface area (Å²) in [5.74, 6) is -0.711. The van der Waals surface area contributed by atoms with E-state index in [2.05, 4.69) is 0 Å². The first kappa shape index (κ1) is 12.8. The van der Waals surface area contributed by atoms with Gasteiger partial charge in [-0.3, -0.25) is 4.79 Å². The number of hydrogen-bond acceptors (Lipinski definition) is 2. The first-order valence-electron chi connectivity index (χ1n) is 4.29. The molecule has 0 radical (unpaired) electrons. The highest BCUT2D eigenvalue weighted by molar-refractivity contribution is 6.30. The maximum atomic E-state index is 9.60. The number of carboxylic acid groups (broad SMARTS) is 1. The summed E-state index contributed by atoms with van der Waals surface area (Å²) in [6.45, 7) is 1.84. The smallest absolute Gasteiger partial charge is 0.303 e. The fourth-order valence-corrected chi connectivity index (χ4v) is 0.803. The van der Waals surface area contributed by atoms with Crippen LogP contribution in [0.1, 0.15) is 19.8 Å². The second kappa shape index (κ2) is 7.21. The van der Waals surface area contributed by atoms with E-state index in [9.17, 15) is 4.79 Å². The highest BCUT2D eigenvalue weighted by Gasteiger charge is 1.87. The lowest BCUT2D eigenvalue weighted by Crippen LogP contribution is -1.90. The molecule has 1 rings (SSSR count). The maximum Gasteiger partial charge on any atom is 0.303 e. The summed E-state index contributed by atoms with van der Waals surface area (Å²) in [4.78, 5) is 9.60. The van der Waals surface area contributed by atoms with Gasteiger partial charge in [-0.2, -0.15) is 0 Å². The van der Waals surface area contributed by atoms with Gasteiger partial charge in [0.05, 0.1) is 0 Å². The average molecular weight is 216 g/mol. The van der Waals surface area contributed by atoms with Crippen LogP contribution < -0.4 is 5.73 Å². The molecule has 0 saturated carbocycles. The lowest BCUT2D eigenvalue weighted by molar-refractivity contribution is -0.137. The average Bonchev–Trinajstić information content (AvgIpc) is 2.11. The third-order valence-corrected chi connectivity index (χ3v) is 1.59. The number of carboxylic acids is 1. The van der Waals surface area contributed by atoms with Crippen LogP contribution in [0.2, 0.25) is 5.02 Å². The van der Waals surface area contributed by atoms with Crippen molar-refractivity contribution in [2.24, 2.45) is 0 Å². The number of rotatable bonds is 2. The van der Waals surface area contributed by atoms with Gasteiger partial charge < -0.3 is 10.8 Å². The molecule has 0 aliphatic carbocycles. The molecule has 0 spiro atoms. The maximum absolute atomic E-state index is 9.60. The molecule has 0 aliphatic rings. The van der Waals surface area contributed by atoms with E-state index in [1.807, 2.05) is 6.92 Å². The van der Waals surface area contributed by atoms with E-state index < -0.39 is 5.97 Å². The van der Waals surface area contributed by atoms with Crippen molar-refractivity contribution < 1.29 is 9.90 Å². The van der Waals surface area contributed by atoms with Crippen LogP contribution in [0.3, 0.4) is 0 Å². The minimum absolute atomic E-state index is 0.292. The Kier molecular flexibility index (Phi) is 6.58. The summed E-state index contributed by atoms with van der Waals surface area (Å²) in [6.07, 6.45) is 1.02. The Balaban J connectivity index is 0.000000255. The van der Waals surface area contributed by atoms with Crippen LogP contribution in [0.25, 0.3) is 0 Å². The van der Waals surface area contributed by atoms with Gasteiger partial charge in [-0.15, -0.1) is 0 Å². The highest BCUT2D eigenvalue weighted by Crippen LogP contribution is 2.09. The Morgan fingerprint density at radius 2 is 1.93 bits per heavy atom. The quantitative estimate of drug-likeness (QED) is 0.746. The predicted molar refractivity (Wildman–Crippen MR) is 58.4 cm³/mol. The van der Waals surface area contributed by atoms with Crippen LogP contribution in [0.4, 0.5) is 5.69 Å². The van der Waals surface area contributed by atoms with Gasteiger partial charge in [-0.1, -0.05) is 18.5 Å². The third kappa shape index (κ3) is 7.43. The molecular formula is C10H14ClNO2. The van der Waals surface area contributed by atoms with Crippen molar-refractivity contribution >= 4 is 23.3 Å². The highest BCUT2D eigenvalue weighted by atomic mass is 35.5. The Hall–Kier alpha value is -1.22. The summed E-state index contributed by atoms with van der Waals surface area (Å²) < 4.78 is 0. The summed E-state index contributed by atoms with van der Waals surface area (Å²) >= 11 is 5.56. The number of anilines is 1. The van der Waals surface area contributed by atoms with Crippen LogP contribution in [0.5, 0.6) is 0 Å². The van der Waals surface area contributed by atoms with E-state index in [-0.39, 0.29) is 0 Å². The number of aliphatic carboxylic acids is 1. The predicted octanol–water partition coefficient (Wildman–Crippen LogP) is 2.79. The van der Waals surface area contributed by atoms with Gasteiger partial charge in [0.15, 0.2) is 0 Å². The van der Waals surface area contributed by atoms with Crippen molar-refractivity contribution in [1.29, 1.82) is 0 Å². The molecule has 0 aromatic heterocycles. The molecule has 3 nitrogen and oxygen atoms in total. The zero-order valence-corrected chi connectivity index (χ0v) is 8.79. The fourth-order valence-electron chi connectivity index (χ4n) is 0.677. The molecule has 3 N–H and O–H groups in total. The molecule has 0 atom stereocenters. The molecule has 14 heavy (non-hydrogen) atoms. The number of nitrogen functional groups attached to an aromatic ring is 1. The van der Waals surface area contributed by atoms with E-state index in [0.717, 1.165) is 17.1 Å². The third-order valence-electron chi connectivity index (χ3n) is 1.33. The van der Waals surface area contributed by atoms with Crippen LogP contribution in [-0.2, 0) is 4.79 Å². The topological polar surface area (TPSA) is 63.3 Å². The lowest BCUT2D eigenvalue weighted by Gasteiger charge is -1.88. The monoisotopic (exact) mass is 215 g/mol. The van der Waals surface area contributed by atoms with Crippen LogP contribution in [0.15, 0.2) is 24.3 Å². The molecule has 4 heteroatoms. The Morgan fingerprint density at radius 1 is 1.43 bits per heavy atom. The van der Waals surface area contributed by atoms with E-state index in [1.54, 1.807) is 24.3 Å². The Bertz CT molecular complexity index is 251. The van der Waals surface area contributed by atoms with Crippen molar-refractivity contribution in [1.82, 2.24) is 0 Å². The van der Waals surface area contributed by atoms with E-state index in [1.165, 1.54) is 0 Å². The van der Waals surface area contributed by atoms with Gasteiger partial charge in [-0.25, -0.2) is 0 Å². The van der Waals surface area contributed by atoms with E-state index >= 15 is 0 Å². The zero-order valence-electron chi connectivity index (χ0n) is 8.03. The standard InChI is InChI=1S/C6H6ClN.C4H8O2/c7-5-1-3-6(8)4-2-5;1-2-3-4(5)6/h1-4H,8H2;2-3H2,1H3,(H,5,6). The first-order chi connectivity index (χ1) is 6.56. The van der Waals surface area contributed by atoms with Gasteiger partial charge >= 0.3 is 5.97 Å². The summed E-state index contributed by atoms with van der Waals surface area (Å²) in [5.41, 5.74) is 6.11. The van der Waals surface area contributed by atoms with Gasteiger partial charge in [0.2, 0.25) is 0 Å². The van der Waals surface area contributed by atoms with Crippen molar-refractivity contribution in [3.05, 3.63) is 29.3 Å². The number of hydrogen-bond donors (Lipinski definition) is 2. The molecule has 0 amide bonds. The molecule has 0 fully saturated rings. The van der Waals surface area contributed by atoms with Gasteiger partial charge in [0.25, 0.3) is 0 Å². The summed E-state index contributed by atoms with van der Waals surface area (Å²) in [5, 5.41) is 8.63. The van der Waals surface area contributed by atoms with Crippen LogP contribution in [0, 0.1) is 0 Å². The second-order valence-electron chi connectivity index (χ2n) is 2.70. The second-order valence-corrected chi connectivity index (χ2v) is 3.13. The minimum atomic E-state index is -0.711. The van der Waals surface area contributed by atoms with E-state index in [0.29, 0.717) is 6.42 Å². The Labute approximate surface area is 88.5 Å². The number of halogens is 1. The van der Waals surface area contributed by atoms with Crippen LogP contribution in [-0.4, -0.2) is 11.1 Å². The molecule has 0 unspecified atom stereocenters. The molecule has 0 heterocycles. The van der Waals surface area contributed by atoms with Crippen molar-refractivity contribution in [2.75, 3.05) is 5.73 Å². The molecule has 0 aliphatic heterocycles. The molecule has 78 valence electrons. The summed E-state index contributed by atoms with van der Waals surface area (Å²) in [6, 6.07) is 7.05. The number of nitrogens with two attached hydrogens (primary N) is 1. The first-order valence-corrected chi connectivity index (χ1v) is 4.67. The lowest BCUT2D eigenvalue weighted by atomic mass is 10.3. The zero-order chi connectivity index (χ0) is 11.0. The van der Waals surface area contributed by atoms with Gasteiger partial charge in [-0.05, 0) is 30.7 Å². The minimum Gasteiger partial charge on any atom is -0.481 e. The molecule has 1 aromatic rings. The van der Waals surface area contributed by atoms with Gasteiger partial charge in [0, 0.05) is 17.1 Å². The molecule has 0 saturated heterocycles. The van der Waals surface area contributed by atoms with Crippen molar-refractivity contribution in [3.8, 4) is 0 Å². The number of carbonyl (C=O) groups is 1. The van der Waals surface area contributed by atoms with E-state index in [4.69, 9.17) is 22.4 Å². The Morgan fingerprint density at radius 3 is 2.14 bits per heavy atom. The van der Waals surface area contributed by atoms with Crippen LogP contribution >= 0.6 is 11.6 Å².